The quantitative estimate of drug-likeness (QED) is 0.0313. The minimum atomic E-state index is -4.97. The van der Waals surface area contributed by atoms with E-state index in [1.807, 2.05) is 0 Å². The normalized spacial score (nSPS) is 20.8. The van der Waals surface area contributed by atoms with Crippen LogP contribution in [0.2, 0.25) is 0 Å². The molecule has 27 heteroatoms. The Morgan fingerprint density at radius 1 is 0.887 bits per heavy atom. The Hall–Kier alpha value is -6.45. The maximum atomic E-state index is 14.1. The first-order valence-electron chi connectivity index (χ1n) is 21.8. The molecule has 7 atom stereocenters. The Kier molecular flexibility index (Phi) is 22.6. The summed E-state index contributed by atoms with van der Waals surface area (Å²) in [7, 11) is -4.97. The monoisotopic (exact) mass is 1040 g/mol. The van der Waals surface area contributed by atoms with Gasteiger partial charge in [-0.25, -0.2) is 4.98 Å². The van der Waals surface area contributed by atoms with E-state index in [4.69, 9.17) is 0 Å². The summed E-state index contributed by atoms with van der Waals surface area (Å²) >= 11 is 1.03. The average molecular weight is 1040 g/mol. The van der Waals surface area contributed by atoms with Gasteiger partial charge in [0, 0.05) is 18.0 Å². The Labute approximate surface area is 434 Å². The van der Waals surface area contributed by atoms with Gasteiger partial charge in [-0.05, 0) is 55.5 Å². The van der Waals surface area contributed by atoms with Crippen LogP contribution in [-0.4, -0.2) is 130 Å². The first kappa shape index (κ1) is 58.9. The molecule has 0 saturated carbocycles. The standard InChI is InChI=1S/C44H55N9O15S2.Na/c1-5-7-29-41(63)53-36(22(3)6-2)37(59)43(65)51-30(16-24-8-11-26(54)12-9-24)44-48-25(20-69-44)10-15-34(57)49-32(21-70(66,67)68)40(62)45-18-31(42(64)50-29)52-38(60)23(4)47-35(58)19-46-39(61)28-17-27(55)13-14-33(28)56;/h8-15,17,20,22-23,29-32,36,54-56H,5-7,16,18-19,21H2,1-4H3,(H,45,62)(H,46,61)(H,47,58)(H,49,57)(H,50,64)(H,51,65)(H,52,60)(H,53,63)(H,66,67,68);/q;+1/p-1/b15-10+;/t22?,23-,29-,30+,31-,32+,36-;/m0./s1. The van der Waals surface area contributed by atoms with Crippen molar-refractivity contribution in [3.05, 3.63) is 75.7 Å². The topological polar surface area (TPSA) is 381 Å². The second-order valence-electron chi connectivity index (χ2n) is 16.2. The van der Waals surface area contributed by atoms with Crippen LogP contribution in [0.25, 0.3) is 6.08 Å². The van der Waals surface area contributed by atoms with Crippen molar-refractivity contribution < 1.29 is 101 Å². The van der Waals surface area contributed by atoms with Crippen LogP contribution in [0.3, 0.4) is 0 Å². The minimum Gasteiger partial charge on any atom is -0.872 e. The van der Waals surface area contributed by atoms with Crippen molar-refractivity contribution in [1.82, 2.24) is 47.5 Å². The predicted octanol–water partition coefficient (Wildman–Crippen LogP) is -4.65. The summed E-state index contributed by atoms with van der Waals surface area (Å²) < 4.78 is 33.7. The molecule has 1 aliphatic rings. The Morgan fingerprint density at radius 3 is 2.23 bits per heavy atom. The number of ketones is 1. The van der Waals surface area contributed by atoms with Gasteiger partial charge in [0.05, 0.1) is 29.9 Å². The van der Waals surface area contributed by atoms with Crippen molar-refractivity contribution in [2.24, 2.45) is 5.92 Å². The summed E-state index contributed by atoms with van der Waals surface area (Å²) in [5, 5.41) is 52.1. The van der Waals surface area contributed by atoms with Crippen LogP contribution >= 0.6 is 11.3 Å². The molecule has 2 heterocycles. The van der Waals surface area contributed by atoms with Crippen molar-refractivity contribution in [2.45, 2.75) is 89.6 Å². The summed E-state index contributed by atoms with van der Waals surface area (Å²) in [4.78, 5) is 126. The predicted molar refractivity (Wildman–Crippen MR) is 248 cm³/mol. The van der Waals surface area contributed by atoms with Crippen LogP contribution in [0.15, 0.2) is 53.9 Å². The molecular weight excluding hydrogens is 982 g/mol. The fourth-order valence-corrected chi connectivity index (χ4v) is 8.17. The number of hydrogen-bond acceptors (Lipinski definition) is 16. The zero-order valence-corrected chi connectivity index (χ0v) is 42.9. The zero-order valence-electron chi connectivity index (χ0n) is 39.3. The number of Topliss-reactive ketones (excluding diaryl/α,β-unsaturated/α-hetero) is 1. The third-order valence-corrected chi connectivity index (χ3v) is 12.4. The molecule has 1 aliphatic heterocycles. The summed E-state index contributed by atoms with van der Waals surface area (Å²) in [6.45, 7) is 4.59. The largest absolute Gasteiger partial charge is 1.00 e. The summed E-state index contributed by atoms with van der Waals surface area (Å²) in [5.41, 5.74) is 0.358. The average Bonchev–Trinajstić information content (AvgIpc) is 3.79. The van der Waals surface area contributed by atoms with E-state index < -0.39 is 130 Å². The molecule has 8 amide bonds. The number of hydrogen-bond donors (Lipinski definition) is 11. The fraction of sp³-hybridized carbons (Fsp3) is 0.409. The maximum absolute atomic E-state index is 14.1. The van der Waals surface area contributed by atoms with E-state index in [2.05, 4.69) is 47.5 Å². The van der Waals surface area contributed by atoms with Gasteiger partial charge >= 0.3 is 29.6 Å². The molecule has 0 radical (unpaired) electrons. The maximum Gasteiger partial charge on any atom is 1.00 e. The van der Waals surface area contributed by atoms with E-state index in [0.29, 0.717) is 12.0 Å². The van der Waals surface area contributed by atoms with Gasteiger partial charge in [0.25, 0.3) is 21.9 Å². The van der Waals surface area contributed by atoms with Crippen LogP contribution < -0.4 is 77.2 Å². The van der Waals surface area contributed by atoms with Crippen LogP contribution in [0, 0.1) is 5.92 Å². The molecule has 1 aromatic heterocycles. The number of carbonyl (C=O) groups is 9. The minimum absolute atomic E-state index is 0. The number of amides is 8. The van der Waals surface area contributed by atoms with E-state index in [9.17, 15) is 71.4 Å². The van der Waals surface area contributed by atoms with E-state index in [1.165, 1.54) is 42.6 Å². The summed E-state index contributed by atoms with van der Waals surface area (Å²) in [6, 6.07) is -0.390. The Bertz CT molecular complexity index is 2600. The molecule has 11 N–H and O–H groups in total. The third kappa shape index (κ3) is 18.3. The van der Waals surface area contributed by atoms with E-state index in [-0.39, 0.29) is 76.6 Å². The van der Waals surface area contributed by atoms with E-state index in [1.54, 1.807) is 20.8 Å². The Balaban J connectivity index is 0.0000133. The number of phenols is 2. The van der Waals surface area contributed by atoms with E-state index in [0.717, 1.165) is 35.6 Å². The number of benzene rings is 2. The molecule has 24 nitrogen and oxygen atoms in total. The number of aromatic hydroxyl groups is 2. The first-order chi connectivity index (χ1) is 33.0. The second-order valence-corrected chi connectivity index (χ2v) is 18.6. The molecule has 71 heavy (non-hydrogen) atoms. The molecule has 0 aliphatic carbocycles. The van der Waals surface area contributed by atoms with Crippen LogP contribution in [-0.2, 0) is 54.9 Å². The van der Waals surface area contributed by atoms with Gasteiger partial charge in [-0.3, -0.25) is 47.7 Å². The molecule has 1 unspecified atom stereocenters. The van der Waals surface area contributed by atoms with Crippen molar-refractivity contribution in [2.75, 3.05) is 18.8 Å². The number of nitrogens with one attached hydrogen (secondary N) is 8. The number of rotatable bonds is 14. The number of phenolic OH excluding ortho intramolecular Hbond substituents is 2. The zero-order chi connectivity index (χ0) is 51.9. The molecule has 2 bridgehead atoms. The van der Waals surface area contributed by atoms with Gasteiger partial charge < -0.3 is 57.9 Å². The molecule has 2 aromatic carbocycles. The van der Waals surface area contributed by atoms with Gasteiger partial charge in [-0.2, -0.15) is 8.42 Å². The number of carbonyl (C=O) groups excluding carboxylic acids is 9. The van der Waals surface area contributed by atoms with Crippen molar-refractivity contribution >= 4 is 80.6 Å². The van der Waals surface area contributed by atoms with Crippen LogP contribution in [0.4, 0.5) is 0 Å². The van der Waals surface area contributed by atoms with Crippen molar-refractivity contribution in [1.29, 1.82) is 0 Å². The van der Waals surface area contributed by atoms with Gasteiger partial charge in [-0.15, -0.1) is 17.1 Å². The molecule has 378 valence electrons. The Morgan fingerprint density at radius 2 is 1.58 bits per heavy atom. The molecule has 4 rings (SSSR count). The van der Waals surface area contributed by atoms with Crippen LogP contribution in [0.1, 0.15) is 79.6 Å². The summed E-state index contributed by atoms with van der Waals surface area (Å²) in [5.74, 6) is -12.6. The molecular formula is C44H54N9NaO15S2. The van der Waals surface area contributed by atoms with Gasteiger partial charge in [0.15, 0.2) is 0 Å². The van der Waals surface area contributed by atoms with Gasteiger partial charge in [0.1, 0.15) is 46.4 Å². The fourth-order valence-electron chi connectivity index (χ4n) is 6.68. The summed E-state index contributed by atoms with van der Waals surface area (Å²) in [6.07, 6.45) is 2.59. The van der Waals surface area contributed by atoms with E-state index >= 15 is 0 Å². The second kappa shape index (κ2) is 27.2. The van der Waals surface area contributed by atoms with Crippen molar-refractivity contribution in [3.63, 3.8) is 0 Å². The smallest absolute Gasteiger partial charge is 0.872 e. The molecule has 0 saturated heterocycles. The van der Waals surface area contributed by atoms with Crippen molar-refractivity contribution in [3.8, 4) is 17.2 Å². The third-order valence-electron chi connectivity index (χ3n) is 10.7. The van der Waals surface area contributed by atoms with Crippen LogP contribution in [0.5, 0.6) is 17.2 Å². The molecule has 0 fully saturated rings. The SMILES string of the molecule is CCC[C@@H]1NC(=O)[C@@H](NC(=O)[C@H](C)NC(=O)CNC(=O)c2cc(O)ccc2O)CNC(=O)[C@@H](CS(=O)(=O)O)NC(=O)/C=C/c2csc(n2)[C@@H](Cc2ccc([O-])cc2)NC(=O)C(=O)[C@H](C(C)CC)NC1=O.[Na+]. The first-order valence-corrected chi connectivity index (χ1v) is 24.2. The number of thiazole rings is 1. The van der Waals surface area contributed by atoms with Gasteiger partial charge in [-0.1, -0.05) is 57.9 Å². The number of aromatic nitrogens is 1. The molecule has 0 spiro atoms. The molecule has 3 aromatic rings. The van der Waals surface area contributed by atoms with Gasteiger partial charge in [0.2, 0.25) is 41.2 Å². The number of nitrogens with zero attached hydrogens (tertiary/aromatic N) is 1. The number of fused-ring (bicyclic) bond motifs is 2.